The quantitative estimate of drug-likeness (QED) is 0.0827. The molecule has 19 nitrogen and oxygen atoms in total. The molecule has 3 aromatic rings. The van der Waals surface area contributed by atoms with Gasteiger partial charge in [-0.1, -0.05) is 51.1 Å². The smallest absolute Gasteiger partial charge is 0.326 e. The highest BCUT2D eigenvalue weighted by atomic mass is 19.1. The summed E-state index contributed by atoms with van der Waals surface area (Å²) in [5.41, 5.74) is 5.60. The molecule has 0 saturated heterocycles. The first-order valence-corrected chi connectivity index (χ1v) is 20.2. The molecule has 65 heavy (non-hydrogen) atoms. The minimum absolute atomic E-state index is 0.106. The Kier molecular flexibility index (Phi) is 16.6. The number of amides is 7. The van der Waals surface area contributed by atoms with E-state index in [0.29, 0.717) is 15.5 Å². The topological polar surface area (TPSA) is 279 Å². The molecule has 0 spiro atoms. The highest BCUT2D eigenvalue weighted by Gasteiger charge is 2.44. The first kappa shape index (κ1) is 50.4. The molecule has 0 fully saturated rings. The second-order valence-corrected chi connectivity index (χ2v) is 16.4. The van der Waals surface area contributed by atoms with Crippen LogP contribution >= 0.6 is 0 Å². The minimum Gasteiger partial charge on any atom is -0.480 e. The van der Waals surface area contributed by atoms with Gasteiger partial charge in [0.05, 0.1) is 12.5 Å². The van der Waals surface area contributed by atoms with Crippen LogP contribution in [0.3, 0.4) is 0 Å². The monoisotopic (exact) mass is 907 g/mol. The van der Waals surface area contributed by atoms with E-state index in [9.17, 15) is 62.9 Å². The number of aliphatic hydroxyl groups is 1. The Balaban J connectivity index is 1.73. The maximum atomic E-state index is 15.2. The summed E-state index contributed by atoms with van der Waals surface area (Å²) in [5, 5.41) is 35.7. The number of imide groups is 1. The minimum atomic E-state index is -2.23. The van der Waals surface area contributed by atoms with Crippen molar-refractivity contribution in [2.75, 3.05) is 19.7 Å². The third-order valence-corrected chi connectivity index (χ3v) is 10.5. The third-order valence-electron chi connectivity index (χ3n) is 10.5. The van der Waals surface area contributed by atoms with Crippen molar-refractivity contribution in [3.05, 3.63) is 95.8 Å². The Hall–Kier alpha value is -7.29. The Morgan fingerprint density at radius 1 is 0.846 bits per heavy atom. The van der Waals surface area contributed by atoms with Crippen LogP contribution in [0, 0.1) is 17.0 Å². The number of hydrogen-bond donors (Lipinski definition) is 6. The van der Waals surface area contributed by atoms with Crippen molar-refractivity contribution in [1.29, 1.82) is 0 Å². The van der Waals surface area contributed by atoms with Crippen LogP contribution in [-0.2, 0) is 49.7 Å². The summed E-state index contributed by atoms with van der Waals surface area (Å²) in [6, 6.07) is 4.80. The lowest BCUT2D eigenvalue weighted by Crippen LogP contribution is -2.61. The van der Waals surface area contributed by atoms with Crippen molar-refractivity contribution >= 4 is 53.3 Å². The highest BCUT2D eigenvalue weighted by Crippen LogP contribution is 2.41. The fourth-order valence-electron chi connectivity index (χ4n) is 7.47. The molecule has 0 aliphatic carbocycles. The normalized spacial score (nSPS) is 14.8. The number of carboxylic acid groups (broad SMARTS) is 2. The van der Waals surface area contributed by atoms with Crippen molar-refractivity contribution < 1.29 is 67.3 Å². The van der Waals surface area contributed by atoms with Gasteiger partial charge in [0, 0.05) is 48.3 Å². The van der Waals surface area contributed by atoms with Crippen LogP contribution in [0.5, 0.6) is 0 Å². The maximum absolute atomic E-state index is 15.2. The van der Waals surface area contributed by atoms with Gasteiger partial charge in [0.2, 0.25) is 29.5 Å². The second kappa shape index (κ2) is 21.4. The van der Waals surface area contributed by atoms with Crippen LogP contribution in [0.2, 0.25) is 0 Å². The first-order valence-electron chi connectivity index (χ1n) is 20.2. The number of aliphatic carboxylic acids is 2. The van der Waals surface area contributed by atoms with Gasteiger partial charge < -0.3 is 46.1 Å². The number of carbonyl (C=O) groups excluding carboxylic acids is 7. The molecule has 1 aliphatic rings. The number of nitrogens with zero attached hydrogens (tertiary/aromatic N) is 4. The molecule has 0 saturated carbocycles. The second-order valence-electron chi connectivity index (χ2n) is 16.4. The van der Waals surface area contributed by atoms with E-state index < -0.39 is 133 Å². The number of nitrogens with one attached hydrogen (secondary N) is 2. The van der Waals surface area contributed by atoms with E-state index in [4.69, 9.17) is 5.73 Å². The van der Waals surface area contributed by atoms with Gasteiger partial charge in [-0.25, -0.2) is 18.4 Å². The van der Waals surface area contributed by atoms with E-state index in [-0.39, 0.29) is 17.7 Å². The number of aromatic nitrogens is 1. The molecule has 2 aromatic carbocycles. The van der Waals surface area contributed by atoms with E-state index in [0.717, 1.165) is 47.7 Å². The predicted octanol–water partition coefficient (Wildman–Crippen LogP) is 1.32. The molecule has 2 heterocycles. The zero-order valence-electron chi connectivity index (χ0n) is 36.2. The van der Waals surface area contributed by atoms with E-state index in [1.165, 1.54) is 13.0 Å². The average molecular weight is 908 g/mol. The average Bonchev–Trinajstić information content (AvgIpc) is 3.78. The van der Waals surface area contributed by atoms with Crippen molar-refractivity contribution in [2.24, 2.45) is 11.1 Å². The van der Waals surface area contributed by atoms with Crippen LogP contribution in [0.1, 0.15) is 64.8 Å². The van der Waals surface area contributed by atoms with Crippen LogP contribution in [0.15, 0.2) is 72.9 Å². The molecule has 0 radical (unpaired) electrons. The summed E-state index contributed by atoms with van der Waals surface area (Å²) in [5.74, 6) is -12.1. The fraction of sp³-hybridized carbons (Fsp3) is 0.386. The van der Waals surface area contributed by atoms with Gasteiger partial charge in [0.25, 0.3) is 11.8 Å². The number of aliphatic hydroxyl groups excluding tert-OH is 1. The molecule has 0 bridgehead atoms. The summed E-state index contributed by atoms with van der Waals surface area (Å²) >= 11 is 0. The summed E-state index contributed by atoms with van der Waals surface area (Å²) in [6.07, 6.45) is 1.63. The van der Waals surface area contributed by atoms with E-state index in [2.05, 4.69) is 10.6 Å². The Morgan fingerprint density at radius 3 is 2.02 bits per heavy atom. The first-order chi connectivity index (χ1) is 30.4. The Labute approximate surface area is 371 Å². The molecule has 0 unspecified atom stereocenters. The maximum Gasteiger partial charge on any atom is 0.326 e. The lowest BCUT2D eigenvalue weighted by Gasteiger charge is -2.42. The molecule has 7 N–H and O–H groups in total. The molecule has 1 aromatic heterocycles. The zero-order chi connectivity index (χ0) is 48.5. The standard InChI is InChI=1S/C44H51F2N7O12/c1-24(48-35(56)22-52-36(57)13-14-37(52)58)40(60)49-25(2)41(61)53(33(43(64)65)19-34(47)55)31(42(62)63)15-16-51(38(59)23-54)39(44(3,4)5)32-17-27(29-18-28(45)11-12-30(29)46)21-50(32)20-26-9-7-6-8-10-26/h6-14,17-18,21,24-25,31,33,39,54H,15-16,19-20,22-23H2,1-5H3,(H2,47,55)(H,48,56)(H,49,60)(H,62,63)(H,64,65)/t24-,25-,31-,33-,39-/m0/s1. The van der Waals surface area contributed by atoms with Crippen molar-refractivity contribution in [3.63, 3.8) is 0 Å². The van der Waals surface area contributed by atoms with Gasteiger partial charge in [-0.2, -0.15) is 0 Å². The van der Waals surface area contributed by atoms with Gasteiger partial charge in [-0.3, -0.25) is 38.5 Å². The Bertz CT molecular complexity index is 2350. The molecule has 21 heteroatoms. The predicted molar refractivity (Wildman–Crippen MR) is 226 cm³/mol. The summed E-state index contributed by atoms with van der Waals surface area (Å²) in [7, 11) is 0. The molecular formula is C44H51F2N7O12. The van der Waals surface area contributed by atoms with Crippen LogP contribution in [-0.4, -0.2) is 132 Å². The molecule has 5 atom stereocenters. The van der Waals surface area contributed by atoms with E-state index in [1.807, 2.05) is 12.1 Å². The molecular weight excluding hydrogens is 857 g/mol. The van der Waals surface area contributed by atoms with Gasteiger partial charge in [0.15, 0.2) is 0 Å². The number of carboxylic acids is 2. The number of benzene rings is 2. The van der Waals surface area contributed by atoms with Crippen molar-refractivity contribution in [3.8, 4) is 11.1 Å². The molecule has 1 aliphatic heterocycles. The zero-order valence-corrected chi connectivity index (χ0v) is 36.2. The van der Waals surface area contributed by atoms with Gasteiger partial charge in [-0.15, -0.1) is 0 Å². The SMILES string of the molecule is C[C@H](NC(=O)CN1C(=O)C=CC1=O)C(=O)N[C@@H](C)C(=O)N([C@@H](CCN(C(=O)CO)[C@@H](c1cc(-c2cc(F)ccc2F)cn1Cc1ccccc1)C(C)(C)C)C(=O)O)[C@@H](CC(N)=O)C(=O)O. The van der Waals surface area contributed by atoms with Gasteiger partial charge >= 0.3 is 11.9 Å². The Morgan fingerprint density at radius 2 is 1.46 bits per heavy atom. The largest absolute Gasteiger partial charge is 0.480 e. The summed E-state index contributed by atoms with van der Waals surface area (Å²) < 4.78 is 31.4. The lowest BCUT2D eigenvalue weighted by molar-refractivity contribution is -0.162. The lowest BCUT2D eigenvalue weighted by atomic mass is 9.82. The van der Waals surface area contributed by atoms with Crippen LogP contribution in [0.4, 0.5) is 8.78 Å². The molecule has 4 rings (SSSR count). The number of rotatable bonds is 21. The number of carbonyl (C=O) groups is 9. The van der Waals surface area contributed by atoms with Gasteiger partial charge in [0.1, 0.15) is 49.0 Å². The van der Waals surface area contributed by atoms with Crippen molar-refractivity contribution in [1.82, 2.24) is 29.9 Å². The molecule has 348 valence electrons. The third kappa shape index (κ3) is 12.7. The van der Waals surface area contributed by atoms with E-state index >= 15 is 4.39 Å². The van der Waals surface area contributed by atoms with Crippen LogP contribution in [0.25, 0.3) is 11.1 Å². The van der Waals surface area contributed by atoms with E-state index in [1.54, 1.807) is 49.7 Å². The number of halogens is 2. The number of hydrogen-bond acceptors (Lipinski definition) is 10. The van der Waals surface area contributed by atoms with Crippen LogP contribution < -0.4 is 16.4 Å². The number of primary amides is 1. The molecule has 7 amide bonds. The van der Waals surface area contributed by atoms with Crippen molar-refractivity contribution in [2.45, 2.75) is 84.2 Å². The number of nitrogens with two attached hydrogens (primary N) is 1. The van der Waals surface area contributed by atoms with Gasteiger partial charge in [-0.05, 0) is 55.5 Å². The summed E-state index contributed by atoms with van der Waals surface area (Å²) in [4.78, 5) is 118. The highest BCUT2D eigenvalue weighted by molar-refractivity contribution is 6.14. The summed E-state index contributed by atoms with van der Waals surface area (Å²) in [6.45, 7) is 5.17. The fourth-order valence-corrected chi connectivity index (χ4v) is 7.47.